The third-order valence-corrected chi connectivity index (χ3v) is 6.75. The lowest BCUT2D eigenvalue weighted by Crippen LogP contribution is -2.25. The molecule has 1 N–H and O–H groups in total. The minimum Gasteiger partial charge on any atom is -0.340 e. The van der Waals surface area contributed by atoms with Crippen molar-refractivity contribution in [3.63, 3.8) is 0 Å². The molecule has 0 aliphatic carbocycles. The van der Waals surface area contributed by atoms with E-state index in [1.165, 1.54) is 30.5 Å². The van der Waals surface area contributed by atoms with Gasteiger partial charge in [-0.1, -0.05) is 13.0 Å². The number of likely N-dealkylation sites (tertiary alicyclic amines) is 1. The second kappa shape index (κ2) is 10.4. The van der Waals surface area contributed by atoms with Gasteiger partial charge in [-0.25, -0.2) is 9.97 Å². The molecule has 2 aromatic carbocycles. The van der Waals surface area contributed by atoms with Crippen LogP contribution in [0.4, 0.5) is 37.8 Å². The molecule has 0 bridgehead atoms. The number of rotatable bonds is 6. The molecule has 1 aliphatic heterocycles. The average molecular weight is 546 g/mol. The molecule has 0 radical (unpaired) electrons. The van der Waals surface area contributed by atoms with Crippen LogP contribution in [0.2, 0.25) is 0 Å². The molecule has 2 aromatic heterocycles. The Morgan fingerprint density at radius 3 is 2.41 bits per heavy atom. The molecule has 1 saturated heterocycles. The van der Waals surface area contributed by atoms with Gasteiger partial charge >= 0.3 is 12.4 Å². The third-order valence-electron chi connectivity index (χ3n) is 6.75. The van der Waals surface area contributed by atoms with Crippen LogP contribution < -0.4 is 5.32 Å². The van der Waals surface area contributed by atoms with Gasteiger partial charge in [0, 0.05) is 22.8 Å². The number of nitrogens with zero attached hydrogens (tertiary/aromatic N) is 4. The predicted octanol–water partition coefficient (Wildman–Crippen LogP) is 8.02. The van der Waals surface area contributed by atoms with Crippen molar-refractivity contribution < 1.29 is 26.3 Å². The first kappa shape index (κ1) is 26.9. The molecular weight excluding hydrogens is 520 g/mol. The van der Waals surface area contributed by atoms with Gasteiger partial charge in [0.2, 0.25) is 0 Å². The molecule has 1 atom stereocenters. The number of alkyl halides is 6. The number of hydrogen-bond donors (Lipinski definition) is 1. The molecule has 11 heteroatoms. The SMILES string of the molecule is CCCN1CCCC1c1nc(Nc2ccc(C(F)(F)F)cc2)c2ccc(-c3ncccc3C(F)(F)F)cc2n1. The maximum atomic E-state index is 13.7. The van der Waals surface area contributed by atoms with E-state index in [1.54, 1.807) is 12.1 Å². The Morgan fingerprint density at radius 1 is 0.949 bits per heavy atom. The average Bonchev–Trinajstić information content (AvgIpc) is 3.36. The molecule has 204 valence electrons. The Kier molecular flexibility index (Phi) is 7.19. The molecule has 4 aromatic rings. The maximum absolute atomic E-state index is 13.7. The summed E-state index contributed by atoms with van der Waals surface area (Å²) in [5.74, 6) is 0.874. The molecule has 3 heterocycles. The van der Waals surface area contributed by atoms with Crippen LogP contribution in [0.3, 0.4) is 0 Å². The fraction of sp³-hybridized carbons (Fsp3) is 0.321. The van der Waals surface area contributed by atoms with Crippen LogP contribution in [0.1, 0.15) is 49.2 Å². The lowest BCUT2D eigenvalue weighted by Gasteiger charge is -2.23. The fourth-order valence-corrected chi connectivity index (χ4v) is 4.96. The highest BCUT2D eigenvalue weighted by Crippen LogP contribution is 2.38. The first-order valence-electron chi connectivity index (χ1n) is 12.6. The van der Waals surface area contributed by atoms with Gasteiger partial charge in [-0.05, 0) is 80.9 Å². The summed E-state index contributed by atoms with van der Waals surface area (Å²) < 4.78 is 80.2. The number of pyridine rings is 1. The Bertz CT molecular complexity index is 1470. The minimum atomic E-state index is -4.59. The monoisotopic (exact) mass is 545 g/mol. The van der Waals surface area contributed by atoms with Gasteiger partial charge in [-0.15, -0.1) is 0 Å². The molecule has 0 amide bonds. The number of hydrogen-bond acceptors (Lipinski definition) is 5. The van der Waals surface area contributed by atoms with Gasteiger partial charge in [-0.2, -0.15) is 26.3 Å². The van der Waals surface area contributed by atoms with Crippen LogP contribution in [-0.4, -0.2) is 32.9 Å². The molecular formula is C28H25F6N5. The standard InChI is InChI=1S/C28H25F6N5/c1-2-14-39-15-4-6-23(39)26-37-22-16-17(24-21(28(32,33)34)5-3-13-35-24)7-12-20(22)25(38-26)36-19-10-8-18(9-11-19)27(29,30)31/h3,5,7-13,16,23H,2,4,6,14-15H2,1H3,(H,36,37,38). The van der Waals surface area contributed by atoms with E-state index in [4.69, 9.17) is 9.97 Å². The van der Waals surface area contributed by atoms with E-state index in [2.05, 4.69) is 22.1 Å². The van der Waals surface area contributed by atoms with Gasteiger partial charge in [-0.3, -0.25) is 9.88 Å². The molecule has 1 aliphatic rings. The van der Waals surface area contributed by atoms with Crippen LogP contribution in [0.25, 0.3) is 22.2 Å². The highest BCUT2D eigenvalue weighted by molar-refractivity contribution is 5.93. The number of aromatic nitrogens is 3. The highest BCUT2D eigenvalue weighted by atomic mass is 19.4. The zero-order chi connectivity index (χ0) is 27.8. The number of anilines is 2. The molecule has 0 spiro atoms. The summed E-state index contributed by atoms with van der Waals surface area (Å²) in [6, 6.07) is 11.4. The van der Waals surface area contributed by atoms with Crippen LogP contribution in [0.5, 0.6) is 0 Å². The molecule has 1 fully saturated rings. The first-order chi connectivity index (χ1) is 18.5. The summed E-state index contributed by atoms with van der Waals surface area (Å²) in [7, 11) is 0. The van der Waals surface area contributed by atoms with Gasteiger partial charge < -0.3 is 5.32 Å². The van der Waals surface area contributed by atoms with Crippen molar-refractivity contribution >= 4 is 22.4 Å². The summed E-state index contributed by atoms with van der Waals surface area (Å²) in [5, 5.41) is 3.62. The van der Waals surface area contributed by atoms with Gasteiger partial charge in [0.05, 0.1) is 28.4 Å². The van der Waals surface area contributed by atoms with Gasteiger partial charge in [0.15, 0.2) is 0 Å². The van der Waals surface area contributed by atoms with Crippen molar-refractivity contribution in [2.24, 2.45) is 0 Å². The van der Waals surface area contributed by atoms with E-state index in [0.29, 0.717) is 28.2 Å². The van der Waals surface area contributed by atoms with E-state index in [0.717, 1.165) is 50.6 Å². The van der Waals surface area contributed by atoms with Crippen molar-refractivity contribution in [2.75, 3.05) is 18.4 Å². The minimum absolute atomic E-state index is 0.0771. The number of fused-ring (bicyclic) bond motifs is 1. The second-order valence-corrected chi connectivity index (χ2v) is 9.45. The van der Waals surface area contributed by atoms with E-state index < -0.39 is 23.5 Å². The van der Waals surface area contributed by atoms with Crippen LogP contribution in [0, 0.1) is 0 Å². The lowest BCUT2D eigenvalue weighted by molar-refractivity contribution is -0.138. The summed E-state index contributed by atoms with van der Waals surface area (Å²) in [6.07, 6.45) is -5.03. The van der Waals surface area contributed by atoms with E-state index >= 15 is 0 Å². The van der Waals surface area contributed by atoms with E-state index in [1.807, 2.05) is 0 Å². The zero-order valence-corrected chi connectivity index (χ0v) is 20.9. The van der Waals surface area contributed by atoms with Crippen molar-refractivity contribution in [3.8, 4) is 11.3 Å². The zero-order valence-electron chi connectivity index (χ0n) is 20.9. The normalized spacial score (nSPS) is 16.6. The third kappa shape index (κ3) is 5.68. The molecule has 5 nitrogen and oxygen atoms in total. The number of halogens is 6. The topological polar surface area (TPSA) is 53.9 Å². The van der Waals surface area contributed by atoms with Gasteiger partial charge in [0.1, 0.15) is 11.6 Å². The smallest absolute Gasteiger partial charge is 0.340 e. The van der Waals surface area contributed by atoms with Crippen molar-refractivity contribution in [1.29, 1.82) is 0 Å². The van der Waals surface area contributed by atoms with E-state index in [-0.39, 0.29) is 17.3 Å². The van der Waals surface area contributed by atoms with Crippen molar-refractivity contribution in [2.45, 2.75) is 44.6 Å². The van der Waals surface area contributed by atoms with Crippen LogP contribution in [0.15, 0.2) is 60.8 Å². The van der Waals surface area contributed by atoms with Crippen molar-refractivity contribution in [3.05, 3.63) is 77.7 Å². The highest BCUT2D eigenvalue weighted by Gasteiger charge is 2.35. The Morgan fingerprint density at radius 2 is 1.72 bits per heavy atom. The Balaban J connectivity index is 1.62. The lowest BCUT2D eigenvalue weighted by atomic mass is 10.0. The quantitative estimate of drug-likeness (QED) is 0.249. The molecule has 0 saturated carbocycles. The Hall–Kier alpha value is -3.73. The van der Waals surface area contributed by atoms with E-state index in [9.17, 15) is 26.3 Å². The number of benzene rings is 2. The Labute approximate surface area is 220 Å². The summed E-state index contributed by atoms with van der Waals surface area (Å²) in [5.41, 5.74) is -0.794. The first-order valence-corrected chi connectivity index (χ1v) is 12.6. The molecule has 1 unspecified atom stereocenters. The second-order valence-electron chi connectivity index (χ2n) is 9.45. The summed E-state index contributed by atoms with van der Waals surface area (Å²) >= 11 is 0. The van der Waals surface area contributed by atoms with Crippen LogP contribution >= 0.6 is 0 Å². The maximum Gasteiger partial charge on any atom is 0.418 e. The number of nitrogens with one attached hydrogen (secondary N) is 1. The predicted molar refractivity (Wildman–Crippen MR) is 136 cm³/mol. The largest absolute Gasteiger partial charge is 0.418 e. The fourth-order valence-electron chi connectivity index (χ4n) is 4.96. The van der Waals surface area contributed by atoms with Crippen molar-refractivity contribution in [1.82, 2.24) is 19.9 Å². The summed E-state index contributed by atoms with van der Waals surface area (Å²) in [6.45, 7) is 3.80. The van der Waals surface area contributed by atoms with Crippen LogP contribution in [-0.2, 0) is 12.4 Å². The summed E-state index contributed by atoms with van der Waals surface area (Å²) in [4.78, 5) is 15.8. The molecule has 39 heavy (non-hydrogen) atoms. The van der Waals surface area contributed by atoms with Gasteiger partial charge in [0.25, 0.3) is 0 Å². The molecule has 5 rings (SSSR count).